The fourth-order valence-electron chi connectivity index (χ4n) is 1.50. The van der Waals surface area contributed by atoms with Gasteiger partial charge in [0.15, 0.2) is 10.8 Å². The van der Waals surface area contributed by atoms with Crippen molar-refractivity contribution in [1.29, 1.82) is 0 Å². The smallest absolute Gasteiger partial charge is 0.270 e. The lowest BCUT2D eigenvalue weighted by molar-refractivity contribution is -0.117. The third-order valence-corrected chi connectivity index (χ3v) is 3.58. The minimum absolute atomic E-state index is 0.0854. The molecule has 0 spiro atoms. The second-order valence-electron chi connectivity index (χ2n) is 3.82. The number of carbonyl (C=O) groups is 2. The van der Waals surface area contributed by atoms with Crippen LogP contribution in [0.2, 0.25) is 0 Å². The molecular weight excluding hydrogens is 266 g/mol. The van der Waals surface area contributed by atoms with Crippen LogP contribution in [0.4, 0.5) is 10.1 Å². The van der Waals surface area contributed by atoms with E-state index in [0.717, 1.165) is 13.1 Å². The minimum Gasteiger partial charge on any atom is -0.365 e. The molecule has 0 aromatic carbocycles. The van der Waals surface area contributed by atoms with E-state index >= 15 is 0 Å². The number of nitrogens with zero attached hydrogens (tertiary/aromatic N) is 2. The van der Waals surface area contributed by atoms with E-state index in [2.05, 4.69) is 15.6 Å². The quantitative estimate of drug-likeness (QED) is 0.680. The van der Waals surface area contributed by atoms with Gasteiger partial charge in [-0.25, -0.2) is 4.98 Å². The van der Waals surface area contributed by atoms with Crippen molar-refractivity contribution in [3.8, 4) is 0 Å². The molecule has 1 aromatic heterocycles. The third-order valence-electron chi connectivity index (χ3n) is 2.59. The Balaban J connectivity index is 2.78. The molecule has 19 heavy (non-hydrogen) atoms. The minimum atomic E-state index is -0.657. The van der Waals surface area contributed by atoms with Crippen molar-refractivity contribution in [2.45, 2.75) is 13.8 Å². The fourth-order valence-corrected chi connectivity index (χ4v) is 2.34. The van der Waals surface area contributed by atoms with Crippen LogP contribution in [0.1, 0.15) is 24.3 Å². The van der Waals surface area contributed by atoms with Gasteiger partial charge in [0.25, 0.3) is 5.91 Å². The summed E-state index contributed by atoms with van der Waals surface area (Å²) in [4.78, 5) is 29.1. The monoisotopic (exact) mass is 285 g/mol. The molecule has 2 amide bonds. The first-order valence-corrected chi connectivity index (χ1v) is 6.84. The number of nitrogens with one attached hydrogen (secondary N) is 2. The molecule has 106 valence electrons. The van der Waals surface area contributed by atoms with Gasteiger partial charge in [0.2, 0.25) is 5.91 Å². The average molecular weight is 285 g/mol. The Morgan fingerprint density at radius 1 is 1.37 bits per heavy atom. The number of rotatable bonds is 7. The predicted molar refractivity (Wildman–Crippen MR) is 76.6 cm³/mol. The average Bonchev–Trinajstić information content (AvgIpc) is 2.79. The maximum absolute atomic E-state index is 11.9. The van der Waals surface area contributed by atoms with Crippen molar-refractivity contribution in [3.05, 3.63) is 5.69 Å². The van der Waals surface area contributed by atoms with Crippen molar-refractivity contribution in [1.82, 2.24) is 9.88 Å². The SMILES string of the molecule is CCN(CC)CC(=O)Nc1sc(NC)nc1C(N)=O. The standard InChI is InChI=1S/C11H19N5O2S/c1-4-16(5-2)6-7(17)14-10-8(9(12)18)15-11(13-3)19-10/h4-6H2,1-3H3,(H2,12,18)(H,13,15)(H,14,17). The number of hydrogen-bond donors (Lipinski definition) is 3. The van der Waals surface area contributed by atoms with Gasteiger partial charge in [-0.3, -0.25) is 14.5 Å². The zero-order chi connectivity index (χ0) is 14.4. The molecule has 0 radical (unpaired) electrons. The summed E-state index contributed by atoms with van der Waals surface area (Å²) in [5, 5.41) is 6.41. The van der Waals surface area contributed by atoms with Crippen molar-refractivity contribution < 1.29 is 9.59 Å². The lowest BCUT2D eigenvalue weighted by Gasteiger charge is -2.16. The molecule has 0 unspecified atom stereocenters. The molecule has 0 saturated carbocycles. The molecular formula is C11H19N5O2S. The zero-order valence-corrected chi connectivity index (χ0v) is 12.1. The van der Waals surface area contributed by atoms with Crippen LogP contribution in [0.25, 0.3) is 0 Å². The number of primary amides is 1. The number of carbonyl (C=O) groups excluding carboxylic acids is 2. The number of thiazole rings is 1. The van der Waals surface area contributed by atoms with Crippen molar-refractivity contribution >= 4 is 33.3 Å². The van der Waals surface area contributed by atoms with Gasteiger partial charge in [0.05, 0.1) is 6.54 Å². The number of anilines is 2. The summed E-state index contributed by atoms with van der Waals surface area (Å²) in [5.74, 6) is -0.839. The van der Waals surface area contributed by atoms with Gasteiger partial charge in [0.1, 0.15) is 5.00 Å². The first-order chi connectivity index (χ1) is 9.01. The van der Waals surface area contributed by atoms with Gasteiger partial charge in [0, 0.05) is 7.05 Å². The Morgan fingerprint density at radius 2 is 2.00 bits per heavy atom. The first kappa shape index (κ1) is 15.4. The Bertz CT molecular complexity index is 456. The molecule has 0 atom stereocenters. The fraction of sp³-hybridized carbons (Fsp3) is 0.545. The molecule has 7 nitrogen and oxygen atoms in total. The number of hydrogen-bond acceptors (Lipinski definition) is 6. The van der Waals surface area contributed by atoms with Crippen molar-refractivity contribution in [2.24, 2.45) is 5.73 Å². The lowest BCUT2D eigenvalue weighted by Crippen LogP contribution is -2.33. The van der Waals surface area contributed by atoms with Gasteiger partial charge in [-0.15, -0.1) is 0 Å². The Kier molecular flexibility index (Phi) is 5.71. The van der Waals surface area contributed by atoms with Crippen LogP contribution in [-0.2, 0) is 4.79 Å². The van der Waals surface area contributed by atoms with E-state index in [0.29, 0.717) is 10.1 Å². The molecule has 0 bridgehead atoms. The maximum atomic E-state index is 11.9. The maximum Gasteiger partial charge on any atom is 0.270 e. The number of nitrogens with two attached hydrogens (primary N) is 1. The first-order valence-electron chi connectivity index (χ1n) is 6.02. The highest BCUT2D eigenvalue weighted by Gasteiger charge is 2.18. The van der Waals surface area contributed by atoms with Crippen LogP contribution in [0, 0.1) is 0 Å². The third kappa shape index (κ3) is 4.18. The summed E-state index contributed by atoms with van der Waals surface area (Å²) in [6, 6.07) is 0. The topological polar surface area (TPSA) is 100 Å². The van der Waals surface area contributed by atoms with Crippen LogP contribution < -0.4 is 16.4 Å². The van der Waals surface area contributed by atoms with Gasteiger partial charge in [-0.1, -0.05) is 25.2 Å². The Hall–Kier alpha value is -1.67. The number of likely N-dealkylation sites (N-methyl/N-ethyl adjacent to an activating group) is 1. The summed E-state index contributed by atoms with van der Waals surface area (Å²) >= 11 is 1.18. The summed E-state index contributed by atoms with van der Waals surface area (Å²) < 4.78 is 0. The van der Waals surface area contributed by atoms with E-state index in [9.17, 15) is 9.59 Å². The lowest BCUT2D eigenvalue weighted by atomic mass is 10.4. The number of amides is 2. The van der Waals surface area contributed by atoms with Gasteiger partial charge >= 0.3 is 0 Å². The molecule has 1 aromatic rings. The Labute approximate surface area is 116 Å². The summed E-state index contributed by atoms with van der Waals surface area (Å²) in [7, 11) is 1.69. The highest BCUT2D eigenvalue weighted by Crippen LogP contribution is 2.27. The van der Waals surface area contributed by atoms with Crippen LogP contribution in [-0.4, -0.2) is 48.4 Å². The molecule has 0 aliphatic rings. The summed E-state index contributed by atoms with van der Waals surface area (Å²) in [6.07, 6.45) is 0. The molecule has 0 aliphatic carbocycles. The number of aromatic nitrogens is 1. The molecule has 1 rings (SSSR count). The van der Waals surface area contributed by atoms with Crippen molar-refractivity contribution in [2.75, 3.05) is 37.3 Å². The molecule has 1 heterocycles. The largest absolute Gasteiger partial charge is 0.365 e. The summed E-state index contributed by atoms with van der Waals surface area (Å²) in [6.45, 7) is 5.82. The second kappa shape index (κ2) is 7.05. The molecule has 4 N–H and O–H groups in total. The highest BCUT2D eigenvalue weighted by molar-refractivity contribution is 7.20. The van der Waals surface area contributed by atoms with Gasteiger partial charge < -0.3 is 16.4 Å². The Morgan fingerprint density at radius 3 is 2.47 bits per heavy atom. The van der Waals surface area contributed by atoms with Crippen LogP contribution in [0.3, 0.4) is 0 Å². The van der Waals surface area contributed by atoms with Gasteiger partial charge in [-0.2, -0.15) is 0 Å². The van der Waals surface area contributed by atoms with E-state index in [1.807, 2.05) is 18.7 Å². The van der Waals surface area contributed by atoms with Crippen molar-refractivity contribution in [3.63, 3.8) is 0 Å². The van der Waals surface area contributed by atoms with E-state index in [4.69, 9.17) is 5.73 Å². The van der Waals surface area contributed by atoms with Crippen LogP contribution in [0.5, 0.6) is 0 Å². The van der Waals surface area contributed by atoms with E-state index in [1.54, 1.807) is 7.05 Å². The molecule has 0 saturated heterocycles. The van der Waals surface area contributed by atoms with E-state index in [-0.39, 0.29) is 18.1 Å². The van der Waals surface area contributed by atoms with Crippen LogP contribution in [0.15, 0.2) is 0 Å². The normalized spacial score (nSPS) is 10.5. The predicted octanol–water partition coefficient (Wildman–Crippen LogP) is 0.564. The highest BCUT2D eigenvalue weighted by atomic mass is 32.1. The molecule has 8 heteroatoms. The molecule has 0 aliphatic heterocycles. The van der Waals surface area contributed by atoms with E-state index < -0.39 is 5.91 Å². The zero-order valence-electron chi connectivity index (χ0n) is 11.3. The summed E-state index contributed by atoms with van der Waals surface area (Å²) in [5.41, 5.74) is 5.31. The van der Waals surface area contributed by atoms with E-state index in [1.165, 1.54) is 11.3 Å². The van der Waals surface area contributed by atoms with Crippen LogP contribution >= 0.6 is 11.3 Å². The second-order valence-corrected chi connectivity index (χ2v) is 4.82. The van der Waals surface area contributed by atoms with Gasteiger partial charge in [-0.05, 0) is 13.1 Å². The molecule has 0 fully saturated rings.